The highest BCUT2D eigenvalue weighted by molar-refractivity contribution is 7.86. The van der Waals surface area contributed by atoms with Crippen molar-refractivity contribution in [2.24, 2.45) is 0 Å². The highest BCUT2D eigenvalue weighted by Gasteiger charge is 2.48. The van der Waals surface area contributed by atoms with Gasteiger partial charge in [-0.25, -0.2) is 4.79 Å². The number of hydrogen-bond acceptors (Lipinski definition) is 19. The fourth-order valence-electron chi connectivity index (χ4n) is 9.25. The lowest BCUT2D eigenvalue weighted by molar-refractivity contribution is -0.442. The Morgan fingerprint density at radius 3 is 1.67 bits per heavy atom. The molecular weight excluding hydrogens is 1110 g/mol. The number of rotatable bonds is 35. The summed E-state index contributed by atoms with van der Waals surface area (Å²) in [7, 11) is -16.6. The molecule has 2 amide bonds. The van der Waals surface area contributed by atoms with Crippen LogP contribution in [0.25, 0.3) is 0 Å². The Hall–Kier alpha value is -4.86. The van der Waals surface area contributed by atoms with Gasteiger partial charge in [0.2, 0.25) is 5.69 Å². The van der Waals surface area contributed by atoms with E-state index in [0.29, 0.717) is 45.5 Å². The van der Waals surface area contributed by atoms with Crippen LogP contribution in [0, 0.1) is 0 Å². The van der Waals surface area contributed by atoms with Crippen LogP contribution in [0.2, 0.25) is 0 Å². The molecule has 0 aromatic heterocycles. The minimum atomic E-state index is -4.68. The van der Waals surface area contributed by atoms with Crippen LogP contribution < -0.4 is 4.90 Å². The molecule has 5 rings (SSSR count). The molecule has 25 nitrogen and oxygen atoms in total. The van der Waals surface area contributed by atoms with Crippen molar-refractivity contribution in [1.82, 2.24) is 5.06 Å². The van der Waals surface area contributed by atoms with Crippen molar-refractivity contribution in [2.45, 2.75) is 79.4 Å². The number of benzene rings is 2. The van der Waals surface area contributed by atoms with Crippen molar-refractivity contribution in [3.05, 3.63) is 83.6 Å². The number of anilines is 1. The fraction of sp³-hybridized carbons (Fsp3) is 0.551. The van der Waals surface area contributed by atoms with Gasteiger partial charge >= 0.3 is 5.97 Å². The first-order valence-electron chi connectivity index (χ1n) is 24.8. The first-order chi connectivity index (χ1) is 36.7. The first kappa shape index (κ1) is 64.0. The van der Waals surface area contributed by atoms with Crippen molar-refractivity contribution in [2.75, 3.05) is 109 Å². The number of ether oxygens (including phenoxy) is 6. The molecule has 0 bridgehead atoms. The maximum absolute atomic E-state index is 12.4. The molecule has 3 aliphatic rings. The van der Waals surface area contributed by atoms with Crippen LogP contribution in [0.5, 0.6) is 0 Å². The molecule has 2 unspecified atom stereocenters. The predicted molar refractivity (Wildman–Crippen MR) is 280 cm³/mol. The van der Waals surface area contributed by atoms with E-state index in [4.69, 9.17) is 33.3 Å². The van der Waals surface area contributed by atoms with Gasteiger partial charge in [-0.1, -0.05) is 18.2 Å². The Balaban J connectivity index is 1.24. The van der Waals surface area contributed by atoms with Gasteiger partial charge in [0.25, 0.3) is 52.3 Å². The van der Waals surface area contributed by atoms with Crippen molar-refractivity contribution in [3.63, 3.8) is 0 Å². The van der Waals surface area contributed by atoms with Crippen LogP contribution in [0.4, 0.5) is 11.4 Å². The number of allylic oxidation sites excluding steroid dienone is 6. The molecule has 29 heteroatoms. The standard InChI is InChI=1S/C49H67N3O22S4/c1-48(18-7-33-75(56,57)58)39-35-37(77(62,63)64)11-13-41(39)50(20-23-68-3)43(48)9-5-4-6-10-44-49(2,19-8-34-76(59,60)61)40-36-38(78(65,66)67)12-14-42(40)51(44)21-24-70-26-28-72-30-32-73-31-29-71-27-25-69-22-17-47(55)74-52-45(53)15-16-46(52)54/h4-6,9-14,35-36H,7-8,15-34H2,1-3H3,(H3-,56,57,58,59,60,61,62,63,64,65,66,67)/p+1. The van der Waals surface area contributed by atoms with Crippen LogP contribution in [-0.4, -0.2) is 189 Å². The first-order valence-corrected chi connectivity index (χ1v) is 30.9. The second kappa shape index (κ2) is 28.5. The molecule has 4 N–H and O–H groups in total. The van der Waals surface area contributed by atoms with Gasteiger partial charge in [-0.3, -0.25) is 27.8 Å². The second-order valence-corrected chi connectivity index (χ2v) is 24.6. The maximum atomic E-state index is 12.4. The number of imide groups is 1. The van der Waals surface area contributed by atoms with Crippen molar-refractivity contribution >= 4 is 75.3 Å². The molecule has 0 aliphatic carbocycles. The molecule has 0 radical (unpaired) electrons. The van der Waals surface area contributed by atoms with Gasteiger partial charge < -0.3 is 38.2 Å². The average Bonchev–Trinajstić information content (AvgIpc) is 4.12. The van der Waals surface area contributed by atoms with Crippen LogP contribution in [0.15, 0.2) is 82.3 Å². The Kier molecular flexibility index (Phi) is 23.4. The highest BCUT2D eigenvalue weighted by Crippen LogP contribution is 2.51. The number of nitrogens with zero attached hydrogens (tertiary/aromatic N) is 3. The molecule has 2 aromatic rings. The zero-order chi connectivity index (χ0) is 57.4. The van der Waals surface area contributed by atoms with Gasteiger partial charge in [-0.2, -0.15) is 38.2 Å². The zero-order valence-corrected chi connectivity index (χ0v) is 46.8. The third-order valence-electron chi connectivity index (χ3n) is 13.0. The summed E-state index contributed by atoms with van der Waals surface area (Å²) >= 11 is 0. The summed E-state index contributed by atoms with van der Waals surface area (Å²) < 4.78 is 171. The normalized spacial score (nSPS) is 19.6. The second-order valence-electron chi connectivity index (χ2n) is 18.6. The fourth-order valence-corrected chi connectivity index (χ4v) is 11.3. The summed E-state index contributed by atoms with van der Waals surface area (Å²) in [6, 6.07) is 8.22. The number of carbonyl (C=O) groups is 3. The van der Waals surface area contributed by atoms with E-state index < -0.39 is 80.6 Å². The van der Waals surface area contributed by atoms with Crippen molar-refractivity contribution < 1.29 is 104 Å². The average molecular weight is 1180 g/mol. The molecule has 434 valence electrons. The minimum Gasteiger partial charge on any atom is -0.383 e. The molecule has 3 aliphatic heterocycles. The summed E-state index contributed by atoms with van der Waals surface area (Å²) in [6.45, 7) is 6.34. The van der Waals surface area contributed by atoms with Crippen LogP contribution >= 0.6 is 0 Å². The van der Waals surface area contributed by atoms with E-state index in [1.807, 2.05) is 9.48 Å². The summed E-state index contributed by atoms with van der Waals surface area (Å²) in [5.74, 6) is -3.04. The Bertz CT molecular complexity index is 3040. The predicted octanol–water partition coefficient (Wildman–Crippen LogP) is 3.37. The van der Waals surface area contributed by atoms with Crippen molar-refractivity contribution in [3.8, 4) is 0 Å². The number of carbonyl (C=O) groups excluding carboxylic acids is 3. The summed E-state index contributed by atoms with van der Waals surface area (Å²) in [4.78, 5) is 40.8. The van der Waals surface area contributed by atoms with Gasteiger partial charge in [0.1, 0.15) is 6.61 Å². The summed E-state index contributed by atoms with van der Waals surface area (Å²) in [5, 5.41) is 0.478. The molecular formula is C49H68N3O22S4+. The van der Waals surface area contributed by atoms with E-state index in [1.54, 1.807) is 44.2 Å². The molecule has 2 atom stereocenters. The molecule has 1 fully saturated rings. The third-order valence-corrected chi connectivity index (χ3v) is 16.3. The quantitative estimate of drug-likeness (QED) is 0.0253. The number of methoxy groups -OCH3 is 1. The van der Waals surface area contributed by atoms with Gasteiger partial charge in [0.15, 0.2) is 12.3 Å². The summed E-state index contributed by atoms with van der Waals surface area (Å²) in [5.41, 5.74) is 1.14. The lowest BCUT2D eigenvalue weighted by atomic mass is 9.76. The molecule has 1 saturated heterocycles. The molecule has 78 heavy (non-hydrogen) atoms. The van der Waals surface area contributed by atoms with Crippen LogP contribution in [-0.2, 0) is 98.9 Å². The van der Waals surface area contributed by atoms with E-state index in [9.17, 15) is 66.3 Å². The maximum Gasteiger partial charge on any atom is 0.335 e. The number of amides is 2. The number of fused-ring (bicyclic) bond motifs is 2. The monoisotopic (exact) mass is 1180 g/mol. The SMILES string of the molecule is COCCN1C(=CC=CC=CC2=[N+](CCOCCOCCOCCOCCOCCC(=O)ON3C(=O)CCC3=O)c3ccc(S(=O)(=O)O)cc3C2(C)CCCS(=O)(=O)O)C(C)(CCCS(=O)(=O)O)c2cc(S(=O)(=O)O)ccc21. The van der Waals surface area contributed by atoms with E-state index in [2.05, 4.69) is 0 Å². The van der Waals surface area contributed by atoms with Crippen LogP contribution in [0.3, 0.4) is 0 Å². The topological polar surface area (TPSA) is 343 Å². The smallest absolute Gasteiger partial charge is 0.335 e. The van der Waals surface area contributed by atoms with Crippen molar-refractivity contribution in [1.29, 1.82) is 0 Å². The molecule has 2 aromatic carbocycles. The zero-order valence-electron chi connectivity index (χ0n) is 43.5. The number of hydroxylamine groups is 2. The summed E-state index contributed by atoms with van der Waals surface area (Å²) in [6.07, 6.45) is 8.63. The van der Waals surface area contributed by atoms with Gasteiger partial charge in [0.05, 0.1) is 99.2 Å². The highest BCUT2D eigenvalue weighted by atomic mass is 32.2. The van der Waals surface area contributed by atoms with E-state index in [1.165, 1.54) is 43.5 Å². The lowest BCUT2D eigenvalue weighted by Crippen LogP contribution is -2.32. The molecule has 0 spiro atoms. The Morgan fingerprint density at radius 1 is 0.641 bits per heavy atom. The molecule has 3 heterocycles. The lowest BCUT2D eigenvalue weighted by Gasteiger charge is -2.30. The Morgan fingerprint density at radius 2 is 1.14 bits per heavy atom. The van der Waals surface area contributed by atoms with E-state index in [0.717, 1.165) is 0 Å². The van der Waals surface area contributed by atoms with Gasteiger partial charge in [0, 0.05) is 61.0 Å². The number of hydrogen-bond donors (Lipinski definition) is 4. The van der Waals surface area contributed by atoms with Gasteiger partial charge in [-0.15, -0.1) is 5.06 Å². The Labute approximate surface area is 454 Å². The largest absolute Gasteiger partial charge is 0.383 e. The van der Waals surface area contributed by atoms with Crippen LogP contribution in [0.1, 0.15) is 69.9 Å². The van der Waals surface area contributed by atoms with Gasteiger partial charge in [-0.05, 0) is 81.5 Å². The third kappa shape index (κ3) is 18.3. The molecule has 0 saturated carbocycles. The van der Waals surface area contributed by atoms with E-state index >= 15 is 0 Å². The van der Waals surface area contributed by atoms with E-state index in [-0.39, 0.29) is 134 Å². The minimum absolute atomic E-state index is 0.00488.